The molecule has 0 unspecified atom stereocenters. The lowest BCUT2D eigenvalue weighted by Gasteiger charge is -2.36. The highest BCUT2D eigenvalue weighted by Crippen LogP contribution is 2.36. The van der Waals surface area contributed by atoms with Gasteiger partial charge in [0.15, 0.2) is 8.32 Å². The smallest absolute Gasteiger partial charge is 0.191 e. The van der Waals surface area contributed by atoms with Crippen LogP contribution in [0.3, 0.4) is 0 Å². The lowest BCUT2D eigenvalue weighted by molar-refractivity contribution is 0.277. The van der Waals surface area contributed by atoms with Gasteiger partial charge in [0.25, 0.3) is 0 Å². The molecular weight excluding hydrogens is 332 g/mol. The maximum Gasteiger partial charge on any atom is 0.191 e. The van der Waals surface area contributed by atoms with Gasteiger partial charge in [-0.05, 0) is 37.4 Å². The van der Waals surface area contributed by atoms with E-state index in [9.17, 15) is 0 Å². The van der Waals surface area contributed by atoms with Crippen molar-refractivity contribution in [3.63, 3.8) is 0 Å². The van der Waals surface area contributed by atoms with E-state index in [0.717, 1.165) is 32.3 Å². The molecule has 1 nitrogen and oxygen atoms in total. The second-order valence-electron chi connectivity index (χ2n) is 9.12. The summed E-state index contributed by atoms with van der Waals surface area (Å²) in [5, 5.41) is 0.304. The van der Waals surface area contributed by atoms with Gasteiger partial charge in [0, 0.05) is 22.1 Å². The topological polar surface area (TPSA) is 9.23 Å². The van der Waals surface area contributed by atoms with Crippen LogP contribution >= 0.6 is 0 Å². The summed E-state index contributed by atoms with van der Waals surface area (Å²) in [4.78, 5) is 0. The molecule has 0 aromatic carbocycles. The molecule has 0 fully saturated rings. The fourth-order valence-electron chi connectivity index (χ4n) is 2.57. The minimum atomic E-state index is -1.57. The molecule has 0 N–H and O–H groups in total. The molecule has 0 bridgehead atoms. The van der Waals surface area contributed by atoms with Gasteiger partial charge in [-0.2, -0.15) is 0 Å². The average molecular weight is 383 g/mol. The van der Waals surface area contributed by atoms with Crippen LogP contribution in [0.5, 0.6) is 0 Å². The van der Waals surface area contributed by atoms with Gasteiger partial charge in [-0.15, -0.1) is 11.8 Å². The molecule has 0 spiro atoms. The molecule has 0 aromatic heterocycles. The summed E-state index contributed by atoms with van der Waals surface area (Å²) in [7, 11) is -1.57. The Hall–Kier alpha value is -0.263. The molecule has 0 saturated carbocycles. The van der Waals surface area contributed by atoms with Gasteiger partial charge in [0.05, 0.1) is 0 Å². The van der Waals surface area contributed by atoms with Crippen molar-refractivity contribution in [1.82, 2.24) is 0 Å². The molecule has 0 amide bonds. The van der Waals surface area contributed by atoms with Crippen LogP contribution < -0.4 is 0 Å². The average Bonchev–Trinajstić information content (AvgIpc) is 2.58. The van der Waals surface area contributed by atoms with Crippen LogP contribution in [-0.4, -0.2) is 14.9 Å². The van der Waals surface area contributed by atoms with E-state index in [1.165, 1.54) is 51.4 Å². The van der Waals surface area contributed by atoms with Gasteiger partial charge in [-0.1, -0.05) is 85.5 Å². The fraction of sp³-hybridized carbons (Fsp3) is 0.917. The highest BCUT2D eigenvalue weighted by molar-refractivity contribution is 6.74. The molecule has 0 aliphatic carbocycles. The van der Waals surface area contributed by atoms with Crippen LogP contribution in [0.4, 0.5) is 0 Å². The molecule has 2 heteroatoms. The van der Waals surface area contributed by atoms with Gasteiger partial charge in [0.1, 0.15) is 0 Å². The Morgan fingerprint density at radius 2 is 1.31 bits per heavy atom. The first-order valence-electron chi connectivity index (χ1n) is 12.2. The quantitative estimate of drug-likeness (QED) is 0.157. The van der Waals surface area contributed by atoms with Crippen LogP contribution in [0.25, 0.3) is 0 Å². The van der Waals surface area contributed by atoms with E-state index in [1.54, 1.807) is 0 Å². The first kappa shape index (κ1) is 22.0. The molecule has 0 atom stereocenters. The first-order valence-corrected chi connectivity index (χ1v) is 14.1. The Balaban J connectivity index is 3.63. The van der Waals surface area contributed by atoms with Crippen molar-refractivity contribution in [2.45, 2.75) is 136 Å². The van der Waals surface area contributed by atoms with Gasteiger partial charge >= 0.3 is 0 Å². The maximum atomic E-state index is 7.98. The molecule has 0 radical (unpaired) electrons. The molecule has 26 heavy (non-hydrogen) atoms. The zero-order valence-electron chi connectivity index (χ0n) is 20.8. The summed E-state index contributed by atoms with van der Waals surface area (Å²) >= 11 is 0. The summed E-state index contributed by atoms with van der Waals surface area (Å²) in [5.74, 6) is 5.94. The molecule has 0 aromatic rings. The largest absolute Gasteiger partial charge is 0.417 e. The second kappa shape index (κ2) is 15.8. The number of hydrogen-bond acceptors (Lipinski definition) is 1. The monoisotopic (exact) mass is 382 g/mol. The molecule has 0 rings (SSSR count). The molecule has 0 saturated heterocycles. The van der Waals surface area contributed by atoms with Crippen molar-refractivity contribution < 1.29 is 7.17 Å². The minimum absolute atomic E-state index is 0.304. The molecular formula is C24H48OSi. The van der Waals surface area contributed by atoms with Crippen LogP contribution in [0.15, 0.2) is 0 Å². The number of hydrogen-bond donors (Lipinski definition) is 0. The summed E-state index contributed by atoms with van der Waals surface area (Å²) in [6, 6.07) is 0. The van der Waals surface area contributed by atoms with E-state index in [1.807, 2.05) is 0 Å². The second-order valence-corrected chi connectivity index (χ2v) is 13.9. The summed E-state index contributed by atoms with van der Waals surface area (Å²) in [6.07, 6.45) is 13.2. The fourth-order valence-corrected chi connectivity index (χ4v) is 3.66. The molecule has 0 heterocycles. The Bertz CT molecular complexity index is 444. The number of unbranched alkanes of at least 4 members (excludes halogenated alkanes) is 10. The zero-order valence-corrected chi connectivity index (χ0v) is 19.8. The lowest BCUT2D eigenvalue weighted by atomic mass is 10.1. The Morgan fingerprint density at radius 3 is 1.92 bits per heavy atom. The highest BCUT2D eigenvalue weighted by Gasteiger charge is 2.36. The third-order valence-electron chi connectivity index (χ3n) is 5.55. The summed E-state index contributed by atoms with van der Waals surface area (Å²) in [5.41, 5.74) is 0. The zero-order chi connectivity index (χ0) is 21.5. The van der Waals surface area contributed by atoms with E-state index < -0.39 is 14.7 Å². The van der Waals surface area contributed by atoms with E-state index in [2.05, 4.69) is 52.6 Å². The molecule has 154 valence electrons. The van der Waals surface area contributed by atoms with Crippen LogP contribution in [0.2, 0.25) is 18.1 Å². The van der Waals surface area contributed by atoms with Crippen LogP contribution in [0, 0.1) is 11.8 Å². The van der Waals surface area contributed by atoms with Crippen molar-refractivity contribution in [2.24, 2.45) is 0 Å². The van der Waals surface area contributed by atoms with Gasteiger partial charge < -0.3 is 4.43 Å². The molecule has 0 aliphatic heterocycles. The van der Waals surface area contributed by atoms with Crippen molar-refractivity contribution in [1.29, 1.82) is 0 Å². The minimum Gasteiger partial charge on any atom is -0.417 e. The third-order valence-corrected chi connectivity index (χ3v) is 10.1. The van der Waals surface area contributed by atoms with E-state index in [0.29, 0.717) is 11.5 Å². The standard InChI is InChI=1S/C24H48OSi/c1-7-8-9-10-11-12-13-14-15-16-17-18-19-20-21-22-23-25-26(5,6)24(2,3)4/h7-13,16-23H2,1-6H3/i13D2. The van der Waals surface area contributed by atoms with E-state index in [-0.39, 0.29) is 0 Å². The van der Waals surface area contributed by atoms with Crippen molar-refractivity contribution in [3.8, 4) is 11.8 Å². The van der Waals surface area contributed by atoms with E-state index in [4.69, 9.17) is 7.17 Å². The Labute approximate surface area is 170 Å². The maximum absolute atomic E-state index is 7.98. The molecule has 0 aliphatic rings. The summed E-state index contributed by atoms with van der Waals surface area (Å²) < 4.78 is 22.2. The van der Waals surface area contributed by atoms with Crippen molar-refractivity contribution >= 4 is 8.32 Å². The number of rotatable bonds is 15. The van der Waals surface area contributed by atoms with Crippen molar-refractivity contribution in [2.75, 3.05) is 6.61 Å². The Morgan fingerprint density at radius 1 is 0.769 bits per heavy atom. The van der Waals surface area contributed by atoms with Crippen LogP contribution in [-0.2, 0) is 4.43 Å². The predicted molar refractivity (Wildman–Crippen MR) is 121 cm³/mol. The van der Waals surface area contributed by atoms with Crippen LogP contribution in [0.1, 0.15) is 120 Å². The Kier molecular flexibility index (Phi) is 13.4. The highest BCUT2D eigenvalue weighted by atomic mass is 28.4. The SMILES string of the molecule is [2H]C([2H])(C#CCCCCCCCCO[Si](C)(C)C(C)(C)C)CCCCCCC. The van der Waals surface area contributed by atoms with Gasteiger partial charge in [-0.25, -0.2) is 0 Å². The summed E-state index contributed by atoms with van der Waals surface area (Å²) in [6.45, 7) is 14.6. The lowest BCUT2D eigenvalue weighted by Crippen LogP contribution is -2.40. The van der Waals surface area contributed by atoms with Gasteiger partial charge in [-0.3, -0.25) is 0 Å². The third kappa shape index (κ3) is 14.9. The van der Waals surface area contributed by atoms with E-state index >= 15 is 0 Å². The van der Waals surface area contributed by atoms with Crippen molar-refractivity contribution in [3.05, 3.63) is 0 Å². The van der Waals surface area contributed by atoms with Gasteiger partial charge in [0.2, 0.25) is 0 Å². The normalized spacial score (nSPS) is 13.8. The predicted octanol–water partition coefficient (Wildman–Crippen LogP) is 8.49. The first-order chi connectivity index (χ1) is 13.0.